The minimum absolute atomic E-state index is 0.411. The minimum Gasteiger partial charge on any atom is -0.381 e. The molecule has 1 fully saturated rings. The molecular weight excluding hydrogens is 238 g/mol. The van der Waals surface area contributed by atoms with Gasteiger partial charge < -0.3 is 19.9 Å². The number of hydrogen-bond acceptors (Lipinski definition) is 4. The fourth-order valence-corrected chi connectivity index (χ4v) is 2.97. The number of nitrogens with zero attached hydrogens (tertiary/aromatic N) is 2. The van der Waals surface area contributed by atoms with E-state index in [0.29, 0.717) is 5.41 Å². The van der Waals surface area contributed by atoms with E-state index in [1.165, 1.54) is 38.9 Å². The van der Waals surface area contributed by atoms with Crippen LogP contribution in [0.4, 0.5) is 0 Å². The second kappa shape index (κ2) is 8.90. The molecule has 1 aliphatic heterocycles. The maximum absolute atomic E-state index is 5.56. The van der Waals surface area contributed by atoms with E-state index < -0.39 is 0 Å². The Labute approximate surface area is 119 Å². The maximum Gasteiger partial charge on any atom is 0.0472 e. The summed E-state index contributed by atoms with van der Waals surface area (Å²) in [7, 11) is 6.38. The Bertz CT molecular complexity index is 222. The van der Waals surface area contributed by atoms with Crippen molar-refractivity contribution in [3.05, 3.63) is 0 Å². The Morgan fingerprint density at radius 2 is 1.79 bits per heavy atom. The molecule has 0 spiro atoms. The molecule has 0 atom stereocenters. The fraction of sp³-hybridized carbons (Fsp3) is 1.00. The standard InChI is InChI=1S/C15H33N3O/c1-5-8-18(10-9-17(3)4)14-15(13-16-2)6-11-19-12-7-15/h16H,5-14H2,1-4H3. The van der Waals surface area contributed by atoms with Crippen molar-refractivity contribution in [2.45, 2.75) is 26.2 Å². The Kier molecular flexibility index (Phi) is 7.91. The molecule has 0 unspecified atom stereocenters. The summed E-state index contributed by atoms with van der Waals surface area (Å²) in [6.07, 6.45) is 3.62. The van der Waals surface area contributed by atoms with Crippen molar-refractivity contribution in [3.8, 4) is 0 Å². The molecule has 1 aliphatic rings. The van der Waals surface area contributed by atoms with Crippen LogP contribution in [0.3, 0.4) is 0 Å². The van der Waals surface area contributed by atoms with E-state index in [2.05, 4.69) is 43.2 Å². The van der Waals surface area contributed by atoms with E-state index >= 15 is 0 Å². The third kappa shape index (κ3) is 6.21. The molecule has 19 heavy (non-hydrogen) atoms. The Balaban J connectivity index is 2.55. The average molecular weight is 271 g/mol. The summed E-state index contributed by atoms with van der Waals surface area (Å²) < 4.78 is 5.56. The van der Waals surface area contributed by atoms with Gasteiger partial charge >= 0.3 is 0 Å². The van der Waals surface area contributed by atoms with E-state index in [-0.39, 0.29) is 0 Å². The molecule has 114 valence electrons. The van der Waals surface area contributed by atoms with Crippen LogP contribution in [0, 0.1) is 5.41 Å². The molecule has 0 aromatic rings. The van der Waals surface area contributed by atoms with Crippen LogP contribution < -0.4 is 5.32 Å². The molecule has 4 nitrogen and oxygen atoms in total. The van der Waals surface area contributed by atoms with E-state index in [1.54, 1.807) is 0 Å². The topological polar surface area (TPSA) is 27.7 Å². The molecule has 0 saturated carbocycles. The Morgan fingerprint density at radius 1 is 1.11 bits per heavy atom. The lowest BCUT2D eigenvalue weighted by atomic mass is 9.79. The van der Waals surface area contributed by atoms with Crippen LogP contribution in [0.15, 0.2) is 0 Å². The van der Waals surface area contributed by atoms with E-state index in [9.17, 15) is 0 Å². The average Bonchev–Trinajstić information content (AvgIpc) is 2.37. The van der Waals surface area contributed by atoms with E-state index in [1.807, 2.05) is 0 Å². The first-order valence-corrected chi connectivity index (χ1v) is 7.71. The van der Waals surface area contributed by atoms with Gasteiger partial charge in [0.05, 0.1) is 0 Å². The van der Waals surface area contributed by atoms with Crippen molar-refractivity contribution >= 4 is 0 Å². The highest BCUT2D eigenvalue weighted by Crippen LogP contribution is 2.30. The lowest BCUT2D eigenvalue weighted by Crippen LogP contribution is -2.48. The van der Waals surface area contributed by atoms with Crippen molar-refractivity contribution in [1.82, 2.24) is 15.1 Å². The summed E-state index contributed by atoms with van der Waals surface area (Å²) >= 11 is 0. The largest absolute Gasteiger partial charge is 0.381 e. The van der Waals surface area contributed by atoms with Crippen molar-refractivity contribution in [2.75, 3.05) is 67.1 Å². The van der Waals surface area contributed by atoms with E-state index in [4.69, 9.17) is 4.74 Å². The SMILES string of the molecule is CCCN(CCN(C)C)CC1(CNC)CCOCC1. The Morgan fingerprint density at radius 3 is 2.32 bits per heavy atom. The molecule has 4 heteroatoms. The monoisotopic (exact) mass is 271 g/mol. The van der Waals surface area contributed by atoms with Crippen LogP contribution in [0.25, 0.3) is 0 Å². The molecule has 0 bridgehead atoms. The molecule has 0 amide bonds. The van der Waals surface area contributed by atoms with Crippen molar-refractivity contribution < 1.29 is 4.74 Å². The molecule has 0 aromatic carbocycles. The number of ether oxygens (including phenoxy) is 1. The number of hydrogen-bond donors (Lipinski definition) is 1. The molecule has 0 radical (unpaired) electrons. The van der Waals surface area contributed by atoms with Gasteiger partial charge in [-0.2, -0.15) is 0 Å². The predicted molar refractivity (Wildman–Crippen MR) is 81.7 cm³/mol. The number of nitrogens with one attached hydrogen (secondary N) is 1. The predicted octanol–water partition coefficient (Wildman–Crippen LogP) is 1.28. The summed E-state index contributed by atoms with van der Waals surface area (Å²) in [6, 6.07) is 0. The summed E-state index contributed by atoms with van der Waals surface area (Å²) in [5.74, 6) is 0. The van der Waals surface area contributed by atoms with Gasteiger partial charge in [0.15, 0.2) is 0 Å². The highest BCUT2D eigenvalue weighted by atomic mass is 16.5. The first-order chi connectivity index (χ1) is 9.12. The Hall–Kier alpha value is -0.160. The van der Waals surface area contributed by atoms with Gasteiger partial charge in [0.2, 0.25) is 0 Å². The number of rotatable bonds is 9. The quantitative estimate of drug-likeness (QED) is 0.684. The smallest absolute Gasteiger partial charge is 0.0472 e. The van der Waals surface area contributed by atoms with Crippen LogP contribution in [0.2, 0.25) is 0 Å². The van der Waals surface area contributed by atoms with Crippen LogP contribution in [-0.2, 0) is 4.74 Å². The van der Waals surface area contributed by atoms with Gasteiger partial charge in [-0.05, 0) is 52.4 Å². The van der Waals surface area contributed by atoms with Crippen LogP contribution in [0.1, 0.15) is 26.2 Å². The molecule has 1 rings (SSSR count). The molecular formula is C15H33N3O. The molecule has 1 heterocycles. The normalized spacial score (nSPS) is 19.3. The van der Waals surface area contributed by atoms with Gasteiger partial charge in [0.1, 0.15) is 0 Å². The summed E-state index contributed by atoms with van der Waals surface area (Å²) in [5, 5.41) is 3.40. The second-order valence-electron chi connectivity index (χ2n) is 6.22. The lowest BCUT2D eigenvalue weighted by Gasteiger charge is -2.41. The number of likely N-dealkylation sites (N-methyl/N-ethyl adjacent to an activating group) is 1. The van der Waals surface area contributed by atoms with Gasteiger partial charge in [-0.25, -0.2) is 0 Å². The highest BCUT2D eigenvalue weighted by molar-refractivity contribution is 4.87. The zero-order chi connectivity index (χ0) is 14.1. The third-order valence-electron chi connectivity index (χ3n) is 4.07. The van der Waals surface area contributed by atoms with Crippen LogP contribution in [-0.4, -0.2) is 76.9 Å². The molecule has 0 aromatic heterocycles. The van der Waals surface area contributed by atoms with Crippen molar-refractivity contribution in [1.29, 1.82) is 0 Å². The minimum atomic E-state index is 0.411. The summed E-state index contributed by atoms with van der Waals surface area (Å²) in [5.41, 5.74) is 0.411. The molecule has 1 saturated heterocycles. The summed E-state index contributed by atoms with van der Waals surface area (Å²) in [6.45, 7) is 9.97. The fourth-order valence-electron chi connectivity index (χ4n) is 2.97. The second-order valence-corrected chi connectivity index (χ2v) is 6.22. The zero-order valence-electron chi connectivity index (χ0n) is 13.4. The van der Waals surface area contributed by atoms with Gasteiger partial charge in [0.25, 0.3) is 0 Å². The van der Waals surface area contributed by atoms with Crippen molar-refractivity contribution in [3.63, 3.8) is 0 Å². The lowest BCUT2D eigenvalue weighted by molar-refractivity contribution is -0.00425. The third-order valence-corrected chi connectivity index (χ3v) is 4.07. The first-order valence-electron chi connectivity index (χ1n) is 7.71. The summed E-state index contributed by atoms with van der Waals surface area (Å²) in [4.78, 5) is 4.92. The maximum atomic E-state index is 5.56. The molecule has 0 aliphatic carbocycles. The van der Waals surface area contributed by atoms with Gasteiger partial charge in [-0.15, -0.1) is 0 Å². The van der Waals surface area contributed by atoms with Crippen molar-refractivity contribution in [2.24, 2.45) is 5.41 Å². The van der Waals surface area contributed by atoms with Gasteiger partial charge in [-0.3, -0.25) is 0 Å². The highest BCUT2D eigenvalue weighted by Gasteiger charge is 2.33. The first kappa shape index (κ1) is 16.9. The zero-order valence-corrected chi connectivity index (χ0v) is 13.4. The van der Waals surface area contributed by atoms with E-state index in [0.717, 1.165) is 26.3 Å². The van der Waals surface area contributed by atoms with Gasteiger partial charge in [-0.1, -0.05) is 6.92 Å². The molecule has 1 N–H and O–H groups in total. The van der Waals surface area contributed by atoms with Crippen LogP contribution >= 0.6 is 0 Å². The van der Waals surface area contributed by atoms with Gasteiger partial charge in [0, 0.05) is 39.4 Å². The van der Waals surface area contributed by atoms with Crippen LogP contribution in [0.5, 0.6) is 0 Å².